The van der Waals surface area contributed by atoms with Gasteiger partial charge < -0.3 is 9.47 Å². The van der Waals surface area contributed by atoms with Crippen LogP contribution in [-0.4, -0.2) is 36.3 Å². The highest BCUT2D eigenvalue weighted by Crippen LogP contribution is 2.29. The Hall–Kier alpha value is -3.39. The minimum absolute atomic E-state index is 0.296. The van der Waals surface area contributed by atoms with Gasteiger partial charge in [0.25, 0.3) is 5.91 Å². The smallest absolute Gasteiger partial charge is 0.271 e. The number of rotatable bonds is 8. The number of carbonyl (C=O) groups is 1. The van der Waals surface area contributed by atoms with Gasteiger partial charge in [0.15, 0.2) is 16.7 Å². The first-order chi connectivity index (χ1) is 15.0. The number of para-hydroxylation sites is 1. The molecule has 2 aromatic carbocycles. The zero-order valence-corrected chi connectivity index (χ0v) is 18.7. The maximum Gasteiger partial charge on any atom is 0.271 e. The van der Waals surface area contributed by atoms with Gasteiger partial charge in [0, 0.05) is 28.3 Å². The predicted octanol–water partition coefficient (Wildman–Crippen LogP) is 4.17. The molecule has 0 aliphatic heterocycles. The van der Waals surface area contributed by atoms with Crippen LogP contribution in [0.5, 0.6) is 11.5 Å². The molecule has 0 spiro atoms. The molecule has 0 saturated carbocycles. The van der Waals surface area contributed by atoms with Gasteiger partial charge in [-0.1, -0.05) is 30.0 Å². The lowest BCUT2D eigenvalue weighted by Gasteiger charge is -2.09. The summed E-state index contributed by atoms with van der Waals surface area (Å²) in [6.45, 7) is 3.91. The standard InChI is InChI=1S/C23H24N4O3S/c1-15-12-16(2)26-23(25-15)31-14-17-8-10-18(11-9-17)22(28)27-24-13-19-6-5-7-20(29-3)21(19)30-4/h5-13H,14H2,1-4H3,(H,27,28)/b24-13+. The maximum absolute atomic E-state index is 12.4. The molecule has 0 saturated heterocycles. The van der Waals surface area contributed by atoms with E-state index in [0.717, 1.165) is 27.9 Å². The van der Waals surface area contributed by atoms with Gasteiger partial charge in [-0.15, -0.1) is 0 Å². The Balaban J connectivity index is 1.58. The Kier molecular flexibility index (Phi) is 7.61. The van der Waals surface area contributed by atoms with Crippen LogP contribution in [0.3, 0.4) is 0 Å². The maximum atomic E-state index is 12.4. The molecule has 0 atom stereocenters. The van der Waals surface area contributed by atoms with Crippen LogP contribution in [0, 0.1) is 13.8 Å². The number of aryl methyl sites for hydroxylation is 2. The molecule has 1 N–H and O–H groups in total. The van der Waals surface area contributed by atoms with E-state index in [4.69, 9.17) is 9.47 Å². The second-order valence-corrected chi connectivity index (χ2v) is 7.64. The van der Waals surface area contributed by atoms with E-state index in [1.165, 1.54) is 6.21 Å². The number of nitrogens with zero attached hydrogens (tertiary/aromatic N) is 3. The molecule has 0 fully saturated rings. The minimum Gasteiger partial charge on any atom is -0.493 e. The summed E-state index contributed by atoms with van der Waals surface area (Å²) in [5.74, 6) is 1.57. The number of benzene rings is 2. The zero-order valence-electron chi connectivity index (χ0n) is 17.9. The number of hydrazone groups is 1. The summed E-state index contributed by atoms with van der Waals surface area (Å²) < 4.78 is 10.6. The molecule has 160 valence electrons. The van der Waals surface area contributed by atoms with E-state index in [9.17, 15) is 4.79 Å². The Morgan fingerprint density at radius 1 is 1.06 bits per heavy atom. The first-order valence-corrected chi connectivity index (χ1v) is 10.6. The van der Waals surface area contributed by atoms with Gasteiger partial charge in [0.2, 0.25) is 0 Å². The predicted molar refractivity (Wildman–Crippen MR) is 122 cm³/mol. The number of methoxy groups -OCH3 is 2. The SMILES string of the molecule is COc1cccc(/C=N/NC(=O)c2ccc(CSc3nc(C)cc(C)n3)cc2)c1OC. The topological polar surface area (TPSA) is 85.7 Å². The number of aromatic nitrogens is 2. The van der Waals surface area contributed by atoms with E-state index in [-0.39, 0.29) is 5.91 Å². The Bertz CT molecular complexity index is 1060. The Morgan fingerprint density at radius 2 is 1.77 bits per heavy atom. The minimum atomic E-state index is -0.296. The third kappa shape index (κ3) is 6.05. The van der Waals surface area contributed by atoms with Crippen molar-refractivity contribution in [2.75, 3.05) is 14.2 Å². The van der Waals surface area contributed by atoms with Gasteiger partial charge in [0.05, 0.1) is 20.4 Å². The van der Waals surface area contributed by atoms with Crippen molar-refractivity contribution in [1.82, 2.24) is 15.4 Å². The van der Waals surface area contributed by atoms with Crippen molar-refractivity contribution < 1.29 is 14.3 Å². The molecule has 0 bridgehead atoms. The highest BCUT2D eigenvalue weighted by atomic mass is 32.2. The molecule has 7 nitrogen and oxygen atoms in total. The summed E-state index contributed by atoms with van der Waals surface area (Å²) in [6.07, 6.45) is 1.52. The zero-order chi connectivity index (χ0) is 22.2. The fourth-order valence-corrected chi connectivity index (χ4v) is 3.80. The summed E-state index contributed by atoms with van der Waals surface area (Å²) in [6, 6.07) is 14.8. The number of amides is 1. The molecule has 0 unspecified atom stereocenters. The lowest BCUT2D eigenvalue weighted by atomic mass is 10.1. The van der Waals surface area contributed by atoms with Gasteiger partial charge >= 0.3 is 0 Å². The number of hydrogen-bond donors (Lipinski definition) is 1. The van der Waals surface area contributed by atoms with E-state index < -0.39 is 0 Å². The number of hydrogen-bond acceptors (Lipinski definition) is 7. The van der Waals surface area contributed by atoms with E-state index in [1.54, 1.807) is 44.2 Å². The van der Waals surface area contributed by atoms with Crippen LogP contribution in [0.2, 0.25) is 0 Å². The first kappa shape index (κ1) is 22.3. The van der Waals surface area contributed by atoms with E-state index in [2.05, 4.69) is 20.5 Å². The molecule has 3 rings (SSSR count). The monoisotopic (exact) mass is 436 g/mol. The van der Waals surface area contributed by atoms with Gasteiger partial charge in [-0.05, 0) is 49.7 Å². The van der Waals surface area contributed by atoms with Crippen LogP contribution < -0.4 is 14.9 Å². The quantitative estimate of drug-likeness (QED) is 0.247. The second kappa shape index (κ2) is 10.6. The lowest BCUT2D eigenvalue weighted by molar-refractivity contribution is 0.0955. The van der Waals surface area contributed by atoms with Crippen LogP contribution >= 0.6 is 11.8 Å². The summed E-state index contributed by atoms with van der Waals surface area (Å²) in [5.41, 5.74) is 6.74. The van der Waals surface area contributed by atoms with Crippen molar-refractivity contribution in [3.63, 3.8) is 0 Å². The molecule has 1 heterocycles. The number of thioether (sulfide) groups is 1. The second-order valence-electron chi connectivity index (χ2n) is 6.70. The summed E-state index contributed by atoms with van der Waals surface area (Å²) in [5, 5.41) is 4.79. The van der Waals surface area contributed by atoms with Gasteiger partial charge in [-0.2, -0.15) is 5.10 Å². The summed E-state index contributed by atoms with van der Waals surface area (Å²) >= 11 is 1.57. The lowest BCUT2D eigenvalue weighted by Crippen LogP contribution is -2.17. The van der Waals surface area contributed by atoms with Gasteiger partial charge in [0.1, 0.15) is 0 Å². The molecule has 8 heteroatoms. The van der Waals surface area contributed by atoms with Crippen molar-refractivity contribution in [2.24, 2.45) is 5.10 Å². The van der Waals surface area contributed by atoms with Crippen LogP contribution in [0.1, 0.15) is 32.9 Å². The summed E-state index contributed by atoms with van der Waals surface area (Å²) in [4.78, 5) is 21.2. The van der Waals surface area contributed by atoms with Crippen LogP contribution in [-0.2, 0) is 5.75 Å². The fourth-order valence-electron chi connectivity index (χ4n) is 2.90. The summed E-state index contributed by atoms with van der Waals surface area (Å²) in [7, 11) is 3.12. The van der Waals surface area contributed by atoms with Crippen molar-refractivity contribution in [1.29, 1.82) is 0 Å². The van der Waals surface area contributed by atoms with Crippen molar-refractivity contribution >= 4 is 23.9 Å². The van der Waals surface area contributed by atoms with Crippen LogP contribution in [0.25, 0.3) is 0 Å². The average Bonchev–Trinajstić information content (AvgIpc) is 2.77. The van der Waals surface area contributed by atoms with Crippen molar-refractivity contribution in [3.05, 3.63) is 76.6 Å². The largest absolute Gasteiger partial charge is 0.493 e. The van der Waals surface area contributed by atoms with Crippen LogP contribution in [0.15, 0.2) is 58.8 Å². The van der Waals surface area contributed by atoms with Crippen molar-refractivity contribution in [2.45, 2.75) is 24.8 Å². The molecular formula is C23H24N4O3S. The van der Waals surface area contributed by atoms with Crippen molar-refractivity contribution in [3.8, 4) is 11.5 Å². The molecule has 0 aliphatic carbocycles. The number of nitrogens with one attached hydrogen (secondary N) is 1. The Labute approximate surface area is 185 Å². The highest BCUT2D eigenvalue weighted by Gasteiger charge is 2.09. The molecule has 1 amide bonds. The first-order valence-electron chi connectivity index (χ1n) is 9.58. The third-order valence-electron chi connectivity index (χ3n) is 4.35. The van der Waals surface area contributed by atoms with Gasteiger partial charge in [-0.25, -0.2) is 15.4 Å². The Morgan fingerprint density at radius 3 is 2.42 bits per heavy atom. The van der Waals surface area contributed by atoms with E-state index in [1.807, 2.05) is 44.2 Å². The third-order valence-corrected chi connectivity index (χ3v) is 5.27. The van der Waals surface area contributed by atoms with Crippen LogP contribution in [0.4, 0.5) is 0 Å². The molecule has 31 heavy (non-hydrogen) atoms. The van der Waals surface area contributed by atoms with Gasteiger partial charge in [-0.3, -0.25) is 4.79 Å². The molecule has 3 aromatic rings. The van der Waals surface area contributed by atoms with E-state index in [0.29, 0.717) is 22.6 Å². The number of ether oxygens (including phenoxy) is 2. The molecular weight excluding hydrogens is 412 g/mol. The highest BCUT2D eigenvalue weighted by molar-refractivity contribution is 7.98. The molecule has 0 aliphatic rings. The van der Waals surface area contributed by atoms with E-state index >= 15 is 0 Å². The normalized spacial score (nSPS) is 10.8. The average molecular weight is 437 g/mol. The molecule has 1 aromatic heterocycles. The fraction of sp³-hybridized carbons (Fsp3) is 0.217. The number of carbonyl (C=O) groups excluding carboxylic acids is 1. The molecule has 0 radical (unpaired) electrons.